The molecular weight excluding hydrogens is 400 g/mol. The fourth-order valence-corrected chi connectivity index (χ4v) is 3.03. The molecule has 0 bridgehead atoms. The van der Waals surface area contributed by atoms with Gasteiger partial charge in [0, 0.05) is 12.3 Å². The summed E-state index contributed by atoms with van der Waals surface area (Å²) in [4.78, 5) is 12.8. The normalized spacial score (nSPS) is 10.6. The monoisotopic (exact) mass is 419 g/mol. The summed E-state index contributed by atoms with van der Waals surface area (Å²) in [5.41, 5.74) is 1.76. The molecule has 0 fully saturated rings. The minimum atomic E-state index is -0.738. The highest BCUT2D eigenvalue weighted by molar-refractivity contribution is 6.05. The third kappa shape index (κ3) is 5.14. The Hall–Kier alpha value is -4.00. The molecule has 1 heterocycles. The van der Waals surface area contributed by atoms with Gasteiger partial charge in [-0.05, 0) is 23.3 Å². The molecule has 0 radical (unpaired) electrons. The number of nitrogens with one attached hydrogen (secondary N) is 1. The van der Waals surface area contributed by atoms with Crippen LogP contribution in [0, 0.1) is 11.6 Å². The summed E-state index contributed by atoms with van der Waals surface area (Å²) in [6.45, 7) is 0.627. The summed E-state index contributed by atoms with van der Waals surface area (Å²) in [6, 6.07) is 21.9. The standard InChI is InChI=1S/C24H19F2N3O2/c25-19-11-12-21(26)22(13-19)27-23(30)20-15-29(14-17-7-3-1-4-8-17)28-24(20)31-16-18-9-5-2-6-10-18/h1-13,15H,14,16H2,(H,27,30). The van der Waals surface area contributed by atoms with E-state index in [2.05, 4.69) is 10.4 Å². The molecule has 0 atom stereocenters. The van der Waals surface area contributed by atoms with Crippen molar-refractivity contribution in [1.82, 2.24) is 9.78 Å². The maximum Gasteiger partial charge on any atom is 0.262 e. The number of carbonyl (C=O) groups excluding carboxylic acids is 1. The predicted molar refractivity (Wildman–Crippen MR) is 113 cm³/mol. The van der Waals surface area contributed by atoms with Crippen molar-refractivity contribution in [1.29, 1.82) is 0 Å². The third-order valence-corrected chi connectivity index (χ3v) is 4.55. The number of carbonyl (C=O) groups is 1. The van der Waals surface area contributed by atoms with Gasteiger partial charge in [0.25, 0.3) is 5.91 Å². The van der Waals surface area contributed by atoms with Crippen LogP contribution in [0.3, 0.4) is 0 Å². The molecule has 0 aliphatic heterocycles. The van der Waals surface area contributed by atoms with Gasteiger partial charge < -0.3 is 10.1 Å². The average Bonchev–Trinajstić information content (AvgIpc) is 3.19. The van der Waals surface area contributed by atoms with E-state index in [9.17, 15) is 13.6 Å². The second kappa shape index (κ2) is 9.21. The average molecular weight is 419 g/mol. The van der Waals surface area contributed by atoms with Crippen LogP contribution in [0.5, 0.6) is 5.88 Å². The van der Waals surface area contributed by atoms with Crippen molar-refractivity contribution in [2.75, 3.05) is 5.32 Å². The number of halogens is 2. The van der Waals surface area contributed by atoms with Crippen molar-refractivity contribution in [3.63, 3.8) is 0 Å². The molecule has 0 unspecified atom stereocenters. The van der Waals surface area contributed by atoms with E-state index in [4.69, 9.17) is 4.74 Å². The second-order valence-electron chi connectivity index (χ2n) is 6.88. The van der Waals surface area contributed by atoms with E-state index in [0.29, 0.717) is 6.54 Å². The number of benzene rings is 3. The molecule has 7 heteroatoms. The van der Waals surface area contributed by atoms with Gasteiger partial charge in [-0.1, -0.05) is 60.7 Å². The highest BCUT2D eigenvalue weighted by atomic mass is 19.1. The maximum absolute atomic E-state index is 14.0. The molecule has 4 aromatic rings. The minimum absolute atomic E-state index is 0.106. The van der Waals surface area contributed by atoms with Crippen molar-refractivity contribution in [3.8, 4) is 5.88 Å². The van der Waals surface area contributed by atoms with Crippen molar-refractivity contribution < 1.29 is 18.3 Å². The van der Waals surface area contributed by atoms with E-state index in [1.165, 1.54) is 6.20 Å². The Morgan fingerprint density at radius 2 is 1.61 bits per heavy atom. The first kappa shape index (κ1) is 20.3. The molecule has 1 amide bonds. The number of anilines is 1. The zero-order chi connectivity index (χ0) is 21.6. The lowest BCUT2D eigenvalue weighted by Gasteiger charge is -2.08. The summed E-state index contributed by atoms with van der Waals surface area (Å²) in [6.07, 6.45) is 1.53. The summed E-state index contributed by atoms with van der Waals surface area (Å²) in [5.74, 6) is -1.93. The third-order valence-electron chi connectivity index (χ3n) is 4.55. The Bertz CT molecular complexity index is 1180. The van der Waals surface area contributed by atoms with Crippen molar-refractivity contribution in [2.45, 2.75) is 13.2 Å². The Morgan fingerprint density at radius 3 is 2.32 bits per heavy atom. The molecule has 0 aliphatic rings. The molecule has 4 rings (SSSR count). The number of nitrogens with zero attached hydrogens (tertiary/aromatic N) is 2. The van der Waals surface area contributed by atoms with E-state index in [0.717, 1.165) is 29.3 Å². The highest BCUT2D eigenvalue weighted by Crippen LogP contribution is 2.22. The van der Waals surface area contributed by atoms with Gasteiger partial charge in [0.2, 0.25) is 5.88 Å². The Balaban J connectivity index is 1.60. The first-order chi connectivity index (χ1) is 15.1. The van der Waals surface area contributed by atoms with Crippen LogP contribution in [0.1, 0.15) is 21.5 Å². The van der Waals surface area contributed by atoms with Gasteiger partial charge in [-0.2, -0.15) is 0 Å². The molecule has 3 aromatic carbocycles. The van der Waals surface area contributed by atoms with Gasteiger partial charge in [-0.3, -0.25) is 9.48 Å². The van der Waals surface area contributed by atoms with E-state index in [1.54, 1.807) is 4.68 Å². The van der Waals surface area contributed by atoms with Crippen LogP contribution in [-0.2, 0) is 13.2 Å². The molecule has 0 saturated carbocycles. The summed E-state index contributed by atoms with van der Waals surface area (Å²) in [7, 11) is 0. The molecule has 0 spiro atoms. The smallest absolute Gasteiger partial charge is 0.262 e. The van der Waals surface area contributed by atoms with Gasteiger partial charge in [0.15, 0.2) is 0 Å². The van der Waals surface area contributed by atoms with Crippen molar-refractivity contribution in [3.05, 3.63) is 113 Å². The van der Waals surface area contributed by atoms with E-state index in [-0.39, 0.29) is 23.7 Å². The lowest BCUT2D eigenvalue weighted by atomic mass is 10.2. The van der Waals surface area contributed by atoms with Gasteiger partial charge in [-0.25, -0.2) is 8.78 Å². The van der Waals surface area contributed by atoms with E-state index >= 15 is 0 Å². The second-order valence-corrected chi connectivity index (χ2v) is 6.88. The Labute approximate surface area is 177 Å². The van der Waals surface area contributed by atoms with E-state index < -0.39 is 17.5 Å². The van der Waals surface area contributed by atoms with Crippen LogP contribution in [0.4, 0.5) is 14.5 Å². The first-order valence-electron chi connectivity index (χ1n) is 9.63. The number of aromatic nitrogens is 2. The summed E-state index contributed by atoms with van der Waals surface area (Å²) >= 11 is 0. The molecular formula is C24H19F2N3O2. The number of amides is 1. The first-order valence-corrected chi connectivity index (χ1v) is 9.63. The lowest BCUT2D eigenvalue weighted by Crippen LogP contribution is -2.14. The Morgan fingerprint density at radius 1 is 0.935 bits per heavy atom. The SMILES string of the molecule is O=C(Nc1cc(F)ccc1F)c1cn(Cc2ccccc2)nc1OCc1ccccc1. The quantitative estimate of drug-likeness (QED) is 0.457. The molecule has 1 aromatic heterocycles. The number of rotatable bonds is 7. The molecule has 5 nitrogen and oxygen atoms in total. The molecule has 0 saturated heterocycles. The largest absolute Gasteiger partial charge is 0.471 e. The maximum atomic E-state index is 14.0. The lowest BCUT2D eigenvalue weighted by molar-refractivity contribution is 0.102. The van der Waals surface area contributed by atoms with Crippen LogP contribution in [0.25, 0.3) is 0 Å². The molecule has 31 heavy (non-hydrogen) atoms. The van der Waals surface area contributed by atoms with E-state index in [1.807, 2.05) is 60.7 Å². The molecule has 156 valence electrons. The number of ether oxygens (including phenoxy) is 1. The fourth-order valence-electron chi connectivity index (χ4n) is 3.03. The minimum Gasteiger partial charge on any atom is -0.471 e. The Kier molecular flexibility index (Phi) is 6.03. The summed E-state index contributed by atoms with van der Waals surface area (Å²) < 4.78 is 34.8. The van der Waals surface area contributed by atoms with Gasteiger partial charge >= 0.3 is 0 Å². The van der Waals surface area contributed by atoms with Crippen LogP contribution in [0.2, 0.25) is 0 Å². The topological polar surface area (TPSA) is 56.2 Å². The van der Waals surface area contributed by atoms with Crippen molar-refractivity contribution >= 4 is 11.6 Å². The van der Waals surface area contributed by atoms with Gasteiger partial charge in [-0.15, -0.1) is 5.10 Å². The van der Waals surface area contributed by atoms with Crippen LogP contribution < -0.4 is 10.1 Å². The van der Waals surface area contributed by atoms with Crippen molar-refractivity contribution in [2.24, 2.45) is 0 Å². The fraction of sp³-hybridized carbons (Fsp3) is 0.0833. The zero-order valence-electron chi connectivity index (χ0n) is 16.5. The van der Waals surface area contributed by atoms with Crippen LogP contribution in [-0.4, -0.2) is 15.7 Å². The molecule has 0 aliphatic carbocycles. The highest BCUT2D eigenvalue weighted by Gasteiger charge is 2.20. The zero-order valence-corrected chi connectivity index (χ0v) is 16.5. The number of hydrogen-bond acceptors (Lipinski definition) is 3. The molecule has 1 N–H and O–H groups in total. The van der Waals surface area contributed by atoms with Gasteiger partial charge in [0.1, 0.15) is 23.8 Å². The van der Waals surface area contributed by atoms with Crippen LogP contribution >= 0.6 is 0 Å². The number of hydrogen-bond donors (Lipinski definition) is 1. The van der Waals surface area contributed by atoms with Crippen LogP contribution in [0.15, 0.2) is 85.1 Å². The predicted octanol–water partition coefficient (Wildman–Crippen LogP) is 5.04. The van der Waals surface area contributed by atoms with Gasteiger partial charge in [0.05, 0.1) is 12.2 Å². The summed E-state index contributed by atoms with van der Waals surface area (Å²) in [5, 5.41) is 6.78.